The Hall–Kier alpha value is -3.61. The fourth-order valence-electron chi connectivity index (χ4n) is 3.80. The number of rotatable bonds is 5. The molecule has 1 saturated heterocycles. The highest BCUT2D eigenvalue weighted by Gasteiger charge is 2.20. The number of ether oxygens (including phenoxy) is 1. The summed E-state index contributed by atoms with van der Waals surface area (Å²) in [6, 6.07) is 14.1. The Bertz CT molecular complexity index is 1160. The number of benzene rings is 2. The smallest absolute Gasteiger partial charge is 0.345 e. The van der Waals surface area contributed by atoms with Gasteiger partial charge < -0.3 is 19.7 Å². The first-order valence-electron chi connectivity index (χ1n) is 10.8. The molecule has 1 aliphatic rings. The molecule has 4 rings (SSSR count). The molecular weight excluding hydrogens is 406 g/mol. The van der Waals surface area contributed by atoms with Crippen molar-refractivity contribution >= 4 is 5.91 Å². The van der Waals surface area contributed by atoms with Gasteiger partial charge in [-0.2, -0.15) is 4.98 Å². The van der Waals surface area contributed by atoms with Gasteiger partial charge in [0.05, 0.1) is 11.4 Å². The maximum Gasteiger partial charge on any atom is 0.345 e. The Morgan fingerprint density at radius 2 is 1.81 bits per heavy atom. The number of nitrogens with one attached hydrogen (secondary N) is 1. The quantitative estimate of drug-likeness (QED) is 0.639. The Morgan fingerprint density at radius 1 is 1.12 bits per heavy atom. The molecule has 2 heterocycles. The maximum atomic E-state index is 12.4. The van der Waals surface area contributed by atoms with Crippen LogP contribution in [-0.2, 0) is 4.79 Å². The predicted molar refractivity (Wildman–Crippen MR) is 123 cm³/mol. The van der Waals surface area contributed by atoms with E-state index in [1.54, 1.807) is 43.3 Å². The number of likely N-dealkylation sites (tertiary alicyclic amines) is 1. The highest BCUT2D eigenvalue weighted by Crippen LogP contribution is 2.27. The van der Waals surface area contributed by atoms with Gasteiger partial charge in [-0.15, -0.1) is 0 Å². The van der Waals surface area contributed by atoms with Crippen LogP contribution in [0.25, 0.3) is 22.5 Å². The van der Waals surface area contributed by atoms with Crippen molar-refractivity contribution in [1.82, 2.24) is 14.9 Å². The number of aromatic nitrogens is 2. The van der Waals surface area contributed by atoms with Gasteiger partial charge in [-0.05, 0) is 85.3 Å². The lowest BCUT2D eigenvalue weighted by Crippen LogP contribution is -2.40. The lowest BCUT2D eigenvalue weighted by Gasteiger charge is -2.30. The third-order valence-electron chi connectivity index (χ3n) is 5.90. The summed E-state index contributed by atoms with van der Waals surface area (Å²) >= 11 is 0. The minimum atomic E-state index is -0.454. The van der Waals surface area contributed by atoms with Crippen LogP contribution in [0.3, 0.4) is 0 Å². The molecule has 0 atom stereocenters. The van der Waals surface area contributed by atoms with Crippen molar-refractivity contribution < 1.29 is 14.6 Å². The number of hydrogen-bond donors (Lipinski definition) is 2. The van der Waals surface area contributed by atoms with E-state index < -0.39 is 5.69 Å². The van der Waals surface area contributed by atoms with E-state index in [9.17, 15) is 14.7 Å². The average molecular weight is 434 g/mol. The van der Waals surface area contributed by atoms with Crippen molar-refractivity contribution in [3.8, 4) is 34.0 Å². The largest absolute Gasteiger partial charge is 0.508 e. The number of aryl methyl sites for hydroxylation is 1. The second-order valence-electron chi connectivity index (χ2n) is 8.36. The summed E-state index contributed by atoms with van der Waals surface area (Å²) < 4.78 is 5.68. The predicted octanol–water partition coefficient (Wildman–Crippen LogP) is 3.76. The Balaban J connectivity index is 1.45. The molecule has 2 N–H and O–H groups in total. The van der Waals surface area contributed by atoms with Gasteiger partial charge in [0.2, 0.25) is 0 Å². The van der Waals surface area contributed by atoms with E-state index in [0.29, 0.717) is 28.6 Å². The van der Waals surface area contributed by atoms with Crippen LogP contribution in [0.5, 0.6) is 11.5 Å². The highest BCUT2D eigenvalue weighted by atomic mass is 16.5. The van der Waals surface area contributed by atoms with Gasteiger partial charge in [-0.3, -0.25) is 4.79 Å². The van der Waals surface area contributed by atoms with Gasteiger partial charge >= 0.3 is 5.69 Å². The fraction of sp³-hybridized carbons (Fsp3) is 0.320. The summed E-state index contributed by atoms with van der Waals surface area (Å²) in [6.07, 6.45) is 2.08. The third-order valence-corrected chi connectivity index (χ3v) is 5.90. The van der Waals surface area contributed by atoms with Crippen LogP contribution >= 0.6 is 0 Å². The second kappa shape index (κ2) is 9.26. The van der Waals surface area contributed by atoms with Crippen LogP contribution in [0.1, 0.15) is 25.3 Å². The number of carbonyl (C=O) groups excluding carboxylic acids is 1. The van der Waals surface area contributed by atoms with Gasteiger partial charge in [-0.25, -0.2) is 4.79 Å². The van der Waals surface area contributed by atoms with Crippen LogP contribution in [0.4, 0.5) is 0 Å². The molecule has 0 radical (unpaired) electrons. The van der Waals surface area contributed by atoms with Crippen molar-refractivity contribution in [3.05, 3.63) is 64.6 Å². The van der Waals surface area contributed by atoms with Gasteiger partial charge in [0.25, 0.3) is 5.91 Å². The van der Waals surface area contributed by atoms with Crippen LogP contribution in [0.2, 0.25) is 0 Å². The topological polar surface area (TPSA) is 95.5 Å². The van der Waals surface area contributed by atoms with E-state index in [1.165, 1.54) is 0 Å². The summed E-state index contributed by atoms with van der Waals surface area (Å²) in [7, 11) is 0. The molecule has 7 heteroatoms. The number of phenolic OH excluding ortho intramolecular Hbond substituents is 1. The van der Waals surface area contributed by atoms with E-state index in [4.69, 9.17) is 4.74 Å². The number of piperidine rings is 1. The first-order valence-corrected chi connectivity index (χ1v) is 10.8. The molecule has 0 saturated carbocycles. The number of carbonyl (C=O) groups is 1. The van der Waals surface area contributed by atoms with Crippen molar-refractivity contribution in [1.29, 1.82) is 0 Å². The summed E-state index contributed by atoms with van der Waals surface area (Å²) in [4.78, 5) is 33.2. The minimum Gasteiger partial charge on any atom is -0.508 e. The van der Waals surface area contributed by atoms with E-state index in [2.05, 4.69) is 16.9 Å². The Morgan fingerprint density at radius 3 is 2.50 bits per heavy atom. The molecule has 1 aromatic heterocycles. The third kappa shape index (κ3) is 4.99. The molecule has 1 fully saturated rings. The van der Waals surface area contributed by atoms with Crippen molar-refractivity contribution in [2.75, 3.05) is 19.7 Å². The monoisotopic (exact) mass is 433 g/mol. The first kappa shape index (κ1) is 21.6. The molecule has 0 spiro atoms. The van der Waals surface area contributed by atoms with Crippen LogP contribution in [0, 0.1) is 12.8 Å². The number of hydrogen-bond acceptors (Lipinski definition) is 5. The molecule has 7 nitrogen and oxygen atoms in total. The molecule has 0 bridgehead atoms. The SMILES string of the molecule is Cc1cc(-c2cc(-c3ccc(OCC(=O)N4CCC(C)CC4)cc3)[nH]c(=O)n2)ccc1O. The summed E-state index contributed by atoms with van der Waals surface area (Å²) in [6.45, 7) is 5.61. The number of nitrogens with zero attached hydrogens (tertiary/aromatic N) is 2. The molecule has 166 valence electrons. The molecule has 1 aliphatic heterocycles. The van der Waals surface area contributed by atoms with Gasteiger partial charge in [0.1, 0.15) is 11.5 Å². The lowest BCUT2D eigenvalue weighted by atomic mass is 9.99. The zero-order valence-electron chi connectivity index (χ0n) is 18.3. The molecular formula is C25H27N3O4. The second-order valence-corrected chi connectivity index (χ2v) is 8.36. The molecule has 0 unspecified atom stereocenters. The Labute approximate surface area is 186 Å². The highest BCUT2D eigenvalue weighted by molar-refractivity contribution is 5.78. The molecule has 1 amide bonds. The number of H-pyrrole nitrogens is 1. The Kier molecular flexibility index (Phi) is 6.25. The molecule has 0 aliphatic carbocycles. The van der Waals surface area contributed by atoms with Gasteiger partial charge in [0, 0.05) is 18.7 Å². The van der Waals surface area contributed by atoms with E-state index in [0.717, 1.165) is 37.1 Å². The van der Waals surface area contributed by atoms with Gasteiger partial charge in [0.15, 0.2) is 6.61 Å². The molecule has 32 heavy (non-hydrogen) atoms. The lowest BCUT2D eigenvalue weighted by molar-refractivity contribution is -0.134. The van der Waals surface area contributed by atoms with Crippen LogP contribution in [-0.4, -0.2) is 45.6 Å². The summed E-state index contributed by atoms with van der Waals surface area (Å²) in [5.41, 5.74) is 2.94. The fourth-order valence-corrected chi connectivity index (χ4v) is 3.80. The van der Waals surface area contributed by atoms with E-state index in [-0.39, 0.29) is 18.3 Å². The van der Waals surface area contributed by atoms with E-state index in [1.807, 2.05) is 17.0 Å². The van der Waals surface area contributed by atoms with Crippen LogP contribution < -0.4 is 10.4 Å². The zero-order valence-corrected chi connectivity index (χ0v) is 18.3. The number of phenols is 1. The normalized spacial score (nSPS) is 14.4. The van der Waals surface area contributed by atoms with Crippen molar-refractivity contribution in [2.24, 2.45) is 5.92 Å². The average Bonchev–Trinajstić information content (AvgIpc) is 2.79. The summed E-state index contributed by atoms with van der Waals surface area (Å²) in [5.74, 6) is 1.47. The van der Waals surface area contributed by atoms with Crippen molar-refractivity contribution in [3.63, 3.8) is 0 Å². The zero-order chi connectivity index (χ0) is 22.7. The minimum absolute atomic E-state index is 0.00766. The number of aromatic amines is 1. The molecule has 3 aromatic rings. The maximum absolute atomic E-state index is 12.4. The van der Waals surface area contributed by atoms with Gasteiger partial charge in [-0.1, -0.05) is 6.92 Å². The van der Waals surface area contributed by atoms with Crippen LogP contribution in [0.15, 0.2) is 53.3 Å². The standard InChI is InChI=1S/C25H27N3O4/c1-16-9-11-28(12-10-16)24(30)15-32-20-6-3-18(4-7-20)21-14-22(27-25(31)26-21)19-5-8-23(29)17(2)13-19/h3-8,13-14,16,29H,9-12,15H2,1-2H3,(H,26,27,31). The number of aromatic hydroxyl groups is 1. The summed E-state index contributed by atoms with van der Waals surface area (Å²) in [5, 5.41) is 9.74. The molecule has 2 aromatic carbocycles. The van der Waals surface area contributed by atoms with E-state index >= 15 is 0 Å². The first-order chi connectivity index (χ1) is 15.4. The van der Waals surface area contributed by atoms with Crippen molar-refractivity contribution in [2.45, 2.75) is 26.7 Å². The number of amides is 1.